The molecule has 1 aromatic carbocycles. The highest BCUT2D eigenvalue weighted by Gasteiger charge is 2.19. The number of nitro groups is 1. The Labute approximate surface area is 109 Å². The quantitative estimate of drug-likeness (QED) is 0.413. The van der Waals surface area contributed by atoms with Gasteiger partial charge in [0.2, 0.25) is 0 Å². The van der Waals surface area contributed by atoms with Crippen LogP contribution < -0.4 is 10.1 Å². The van der Waals surface area contributed by atoms with Crippen molar-refractivity contribution in [2.45, 2.75) is 0 Å². The van der Waals surface area contributed by atoms with Crippen molar-refractivity contribution in [3.63, 3.8) is 0 Å². The molecule has 8 nitrogen and oxygen atoms in total. The molecule has 8 heteroatoms. The Morgan fingerprint density at radius 3 is 2.84 bits per heavy atom. The molecule has 0 saturated carbocycles. The predicted molar refractivity (Wildman–Crippen MR) is 66.6 cm³/mol. The van der Waals surface area contributed by atoms with Gasteiger partial charge in [-0.15, -0.1) is 0 Å². The smallest absolute Gasteiger partial charge is 0.333 e. The highest BCUT2D eigenvalue weighted by atomic mass is 16.6. The molecule has 19 heavy (non-hydrogen) atoms. The van der Waals surface area contributed by atoms with Crippen molar-refractivity contribution in [2.75, 3.05) is 32.2 Å². The number of hydrogen-bond acceptors (Lipinski definition) is 6. The highest BCUT2D eigenvalue weighted by molar-refractivity contribution is 5.68. The van der Waals surface area contributed by atoms with Crippen LogP contribution in [0.3, 0.4) is 0 Å². The first-order chi connectivity index (χ1) is 9.06. The van der Waals surface area contributed by atoms with Crippen molar-refractivity contribution in [3.8, 4) is 5.75 Å². The molecule has 0 heterocycles. The minimum atomic E-state index is -1.06. The van der Waals surface area contributed by atoms with Gasteiger partial charge in [-0.3, -0.25) is 10.1 Å². The molecular weight excluding hydrogens is 256 g/mol. The molecule has 1 rings (SSSR count). The number of ether oxygens (including phenoxy) is 2. The number of carboxylic acid groups (broad SMARTS) is 1. The van der Waals surface area contributed by atoms with Crippen molar-refractivity contribution in [2.24, 2.45) is 0 Å². The SMILES string of the molecule is COc1cccc(NCCOCC(=O)O)c1[N+](=O)[O-]. The monoisotopic (exact) mass is 270 g/mol. The average Bonchev–Trinajstić information content (AvgIpc) is 2.37. The van der Waals surface area contributed by atoms with Crippen LogP contribution in [0.1, 0.15) is 0 Å². The van der Waals surface area contributed by atoms with E-state index in [4.69, 9.17) is 14.6 Å². The second-order valence-corrected chi connectivity index (χ2v) is 3.49. The predicted octanol–water partition coefficient (Wildman–Crippen LogP) is 1.12. The van der Waals surface area contributed by atoms with Crippen molar-refractivity contribution in [1.82, 2.24) is 0 Å². The molecule has 0 aliphatic carbocycles. The molecule has 0 spiro atoms. The summed E-state index contributed by atoms with van der Waals surface area (Å²) in [7, 11) is 1.35. The number of methoxy groups -OCH3 is 1. The molecule has 2 N–H and O–H groups in total. The van der Waals surface area contributed by atoms with Crippen molar-refractivity contribution in [3.05, 3.63) is 28.3 Å². The van der Waals surface area contributed by atoms with Gasteiger partial charge in [0.15, 0.2) is 5.75 Å². The number of hydrogen-bond donors (Lipinski definition) is 2. The molecule has 0 aromatic heterocycles. The maximum Gasteiger partial charge on any atom is 0.333 e. The summed E-state index contributed by atoms with van der Waals surface area (Å²) in [6.07, 6.45) is 0. The summed E-state index contributed by atoms with van der Waals surface area (Å²) in [5.41, 5.74) is 0.131. The fourth-order valence-corrected chi connectivity index (χ4v) is 1.44. The van der Waals surface area contributed by atoms with Crippen LogP contribution in [-0.2, 0) is 9.53 Å². The molecule has 0 saturated heterocycles. The molecule has 0 atom stereocenters. The number of anilines is 1. The summed E-state index contributed by atoms with van der Waals surface area (Å²) in [6, 6.07) is 4.65. The first kappa shape index (κ1) is 14.7. The molecular formula is C11H14N2O6. The lowest BCUT2D eigenvalue weighted by Gasteiger charge is -2.09. The van der Waals surface area contributed by atoms with Gasteiger partial charge in [-0.25, -0.2) is 4.79 Å². The first-order valence-electron chi connectivity index (χ1n) is 5.41. The zero-order chi connectivity index (χ0) is 14.3. The number of nitrogens with zero attached hydrogens (tertiary/aromatic N) is 1. The Kier molecular flexibility index (Phi) is 5.55. The summed E-state index contributed by atoms with van der Waals surface area (Å²) < 4.78 is 9.73. The summed E-state index contributed by atoms with van der Waals surface area (Å²) in [5.74, 6) is -0.909. The zero-order valence-corrected chi connectivity index (χ0v) is 10.3. The lowest BCUT2D eigenvalue weighted by atomic mass is 10.2. The minimum absolute atomic E-state index is 0.126. The van der Waals surface area contributed by atoms with E-state index in [2.05, 4.69) is 5.32 Å². The normalized spacial score (nSPS) is 9.95. The van der Waals surface area contributed by atoms with E-state index in [1.807, 2.05) is 0 Å². The van der Waals surface area contributed by atoms with E-state index in [1.54, 1.807) is 6.07 Å². The van der Waals surface area contributed by atoms with Crippen molar-refractivity contribution in [1.29, 1.82) is 0 Å². The van der Waals surface area contributed by atoms with Gasteiger partial charge >= 0.3 is 11.7 Å². The summed E-state index contributed by atoms with van der Waals surface area (Å²) in [4.78, 5) is 20.6. The van der Waals surface area contributed by atoms with Crippen LogP contribution in [-0.4, -0.2) is 42.9 Å². The Bertz CT molecular complexity index is 462. The first-order valence-corrected chi connectivity index (χ1v) is 5.41. The lowest BCUT2D eigenvalue weighted by Crippen LogP contribution is -2.14. The van der Waals surface area contributed by atoms with Crippen LogP contribution in [0.5, 0.6) is 5.75 Å². The number of nitro benzene ring substituents is 1. The third-order valence-corrected chi connectivity index (χ3v) is 2.19. The molecule has 0 radical (unpaired) electrons. The van der Waals surface area contributed by atoms with Gasteiger partial charge in [-0.1, -0.05) is 6.07 Å². The molecule has 0 aliphatic heterocycles. The zero-order valence-electron chi connectivity index (χ0n) is 10.3. The largest absolute Gasteiger partial charge is 0.490 e. The van der Waals surface area contributed by atoms with E-state index in [0.717, 1.165) is 0 Å². The van der Waals surface area contributed by atoms with Gasteiger partial charge in [0.25, 0.3) is 0 Å². The third-order valence-electron chi connectivity index (χ3n) is 2.19. The number of nitrogens with one attached hydrogen (secondary N) is 1. The van der Waals surface area contributed by atoms with E-state index >= 15 is 0 Å². The summed E-state index contributed by atoms with van der Waals surface area (Å²) in [6.45, 7) is -0.0240. The molecule has 104 valence electrons. The highest BCUT2D eigenvalue weighted by Crippen LogP contribution is 2.34. The van der Waals surface area contributed by atoms with Crippen molar-refractivity contribution < 1.29 is 24.3 Å². The topological polar surface area (TPSA) is 111 Å². The van der Waals surface area contributed by atoms with Crippen LogP contribution in [0, 0.1) is 10.1 Å². The molecule has 0 amide bonds. The fourth-order valence-electron chi connectivity index (χ4n) is 1.44. The Morgan fingerprint density at radius 1 is 1.53 bits per heavy atom. The number of benzene rings is 1. The average molecular weight is 270 g/mol. The van der Waals surface area contributed by atoms with Gasteiger partial charge < -0.3 is 19.9 Å². The lowest BCUT2D eigenvalue weighted by molar-refractivity contribution is -0.384. The van der Waals surface area contributed by atoms with E-state index < -0.39 is 17.5 Å². The Hall–Kier alpha value is -2.35. The number of rotatable bonds is 8. The molecule has 1 aromatic rings. The molecule has 0 fully saturated rings. The number of carbonyl (C=O) groups is 1. The molecule has 0 aliphatic rings. The van der Waals surface area contributed by atoms with Gasteiger partial charge in [0.1, 0.15) is 12.3 Å². The van der Waals surface area contributed by atoms with Crippen LogP contribution in [0.4, 0.5) is 11.4 Å². The Balaban J connectivity index is 2.62. The van der Waals surface area contributed by atoms with Crippen LogP contribution in [0.25, 0.3) is 0 Å². The van der Waals surface area contributed by atoms with Crippen LogP contribution >= 0.6 is 0 Å². The van der Waals surface area contributed by atoms with Gasteiger partial charge in [0.05, 0.1) is 18.6 Å². The maximum atomic E-state index is 11.0. The number of para-hydroxylation sites is 1. The van der Waals surface area contributed by atoms with E-state index in [1.165, 1.54) is 19.2 Å². The molecule has 0 bridgehead atoms. The standard InChI is InChI=1S/C11H14N2O6/c1-18-9-4-2-3-8(11(9)13(16)17)12-5-6-19-7-10(14)15/h2-4,12H,5-7H2,1H3,(H,14,15). The molecule has 0 unspecified atom stereocenters. The summed E-state index contributed by atoms with van der Waals surface area (Å²) >= 11 is 0. The fraction of sp³-hybridized carbons (Fsp3) is 0.364. The van der Waals surface area contributed by atoms with E-state index in [0.29, 0.717) is 5.69 Å². The van der Waals surface area contributed by atoms with Crippen LogP contribution in [0.15, 0.2) is 18.2 Å². The van der Waals surface area contributed by atoms with E-state index in [-0.39, 0.29) is 24.6 Å². The van der Waals surface area contributed by atoms with Crippen LogP contribution in [0.2, 0.25) is 0 Å². The third kappa shape index (κ3) is 4.43. The number of carboxylic acids is 1. The number of aliphatic carboxylic acids is 1. The maximum absolute atomic E-state index is 11.0. The van der Waals surface area contributed by atoms with Gasteiger partial charge in [-0.2, -0.15) is 0 Å². The second kappa shape index (κ2) is 7.17. The second-order valence-electron chi connectivity index (χ2n) is 3.49. The van der Waals surface area contributed by atoms with E-state index in [9.17, 15) is 14.9 Å². The van der Waals surface area contributed by atoms with Gasteiger partial charge in [0, 0.05) is 6.54 Å². The van der Waals surface area contributed by atoms with Crippen molar-refractivity contribution >= 4 is 17.3 Å². The summed E-state index contributed by atoms with van der Waals surface area (Å²) in [5, 5.41) is 22.1. The minimum Gasteiger partial charge on any atom is -0.490 e. The Morgan fingerprint density at radius 2 is 2.26 bits per heavy atom. The van der Waals surface area contributed by atoms with Gasteiger partial charge in [-0.05, 0) is 12.1 Å².